The molecular weight excluding hydrogens is 212 g/mol. The van der Waals surface area contributed by atoms with E-state index in [1.54, 1.807) is 22.7 Å². The van der Waals surface area contributed by atoms with Gasteiger partial charge in [0.25, 0.3) is 0 Å². The van der Waals surface area contributed by atoms with E-state index in [9.17, 15) is 0 Å². The Balaban J connectivity index is 2.24. The fourth-order valence-electron chi connectivity index (χ4n) is 1.29. The molecule has 0 bridgehead atoms. The Labute approximate surface area is 88.9 Å². The maximum atomic E-state index is 4.52. The average Bonchev–Trinajstić information content (AvgIpc) is 2.86. The van der Waals surface area contributed by atoms with Gasteiger partial charge < -0.3 is 0 Å². The summed E-state index contributed by atoms with van der Waals surface area (Å²) in [5.74, 6) is 0. The molecule has 0 N–H and O–H groups in total. The summed E-state index contributed by atoms with van der Waals surface area (Å²) in [4.78, 5) is 8.77. The molecule has 0 saturated carbocycles. The molecule has 0 unspecified atom stereocenters. The lowest BCUT2D eigenvalue weighted by molar-refractivity contribution is 1.38. The fourth-order valence-corrected chi connectivity index (χ4v) is 2.94. The molecule has 3 aromatic rings. The minimum atomic E-state index is 1.01. The minimum absolute atomic E-state index is 1.01. The van der Waals surface area contributed by atoms with Gasteiger partial charge >= 0.3 is 0 Å². The van der Waals surface area contributed by atoms with Crippen molar-refractivity contribution in [2.75, 3.05) is 0 Å². The Kier molecular flexibility index (Phi) is 1.82. The van der Waals surface area contributed by atoms with Crippen LogP contribution in [0.2, 0.25) is 0 Å². The van der Waals surface area contributed by atoms with Gasteiger partial charge in [-0.1, -0.05) is 12.1 Å². The molecular formula is C10H6N2S2. The van der Waals surface area contributed by atoms with Crippen LogP contribution in [-0.2, 0) is 0 Å². The Morgan fingerprint density at radius 2 is 2.00 bits per heavy atom. The molecule has 0 saturated heterocycles. The Bertz CT molecular complexity index is 521. The zero-order valence-electron chi connectivity index (χ0n) is 7.18. The van der Waals surface area contributed by atoms with Crippen LogP contribution in [0.1, 0.15) is 0 Å². The highest BCUT2D eigenvalue weighted by atomic mass is 32.1. The second kappa shape index (κ2) is 3.15. The van der Waals surface area contributed by atoms with Crippen molar-refractivity contribution in [3.8, 4) is 10.0 Å². The lowest BCUT2D eigenvalue weighted by Crippen LogP contribution is -1.71. The molecule has 0 spiro atoms. The maximum Gasteiger partial charge on any atom is 0.153 e. The number of nitrogens with zero attached hydrogens (tertiary/aromatic N) is 2. The highest BCUT2D eigenvalue weighted by Gasteiger charge is 2.06. The van der Waals surface area contributed by atoms with E-state index in [1.165, 1.54) is 4.70 Å². The van der Waals surface area contributed by atoms with E-state index in [-0.39, 0.29) is 0 Å². The van der Waals surface area contributed by atoms with Gasteiger partial charge in [0, 0.05) is 11.6 Å². The van der Waals surface area contributed by atoms with Crippen LogP contribution < -0.4 is 0 Å². The van der Waals surface area contributed by atoms with E-state index in [4.69, 9.17) is 0 Å². The van der Waals surface area contributed by atoms with Crippen molar-refractivity contribution in [3.63, 3.8) is 0 Å². The molecule has 1 aromatic carbocycles. The SMILES string of the molecule is c1ccc2sc(-c3nccs3)nc2c1. The van der Waals surface area contributed by atoms with Gasteiger partial charge in [-0.05, 0) is 12.1 Å². The molecule has 0 fully saturated rings. The summed E-state index contributed by atoms with van der Waals surface area (Å²) in [6, 6.07) is 8.16. The second-order valence-corrected chi connectivity index (χ2v) is 4.75. The molecule has 3 rings (SSSR count). The van der Waals surface area contributed by atoms with Crippen molar-refractivity contribution in [2.24, 2.45) is 0 Å². The number of para-hydroxylation sites is 1. The van der Waals surface area contributed by atoms with E-state index in [2.05, 4.69) is 16.0 Å². The quantitative estimate of drug-likeness (QED) is 0.625. The molecule has 0 aliphatic carbocycles. The molecule has 4 heteroatoms. The molecule has 2 nitrogen and oxygen atoms in total. The minimum Gasteiger partial charge on any atom is -0.242 e. The number of rotatable bonds is 1. The molecule has 0 radical (unpaired) electrons. The largest absolute Gasteiger partial charge is 0.242 e. The highest BCUT2D eigenvalue weighted by molar-refractivity contribution is 7.24. The highest BCUT2D eigenvalue weighted by Crippen LogP contribution is 2.30. The maximum absolute atomic E-state index is 4.52. The van der Waals surface area contributed by atoms with E-state index in [0.717, 1.165) is 15.5 Å². The van der Waals surface area contributed by atoms with E-state index in [0.29, 0.717) is 0 Å². The summed E-state index contributed by atoms with van der Waals surface area (Å²) in [5, 5.41) is 3.99. The molecule has 0 atom stereocenters. The van der Waals surface area contributed by atoms with Gasteiger partial charge in [0.1, 0.15) is 0 Å². The van der Waals surface area contributed by atoms with Crippen molar-refractivity contribution in [2.45, 2.75) is 0 Å². The number of thiazole rings is 2. The van der Waals surface area contributed by atoms with Gasteiger partial charge in [-0.25, -0.2) is 9.97 Å². The number of aromatic nitrogens is 2. The van der Waals surface area contributed by atoms with Crippen LogP contribution in [0.3, 0.4) is 0 Å². The number of hydrogen-bond donors (Lipinski definition) is 0. The fraction of sp³-hybridized carbons (Fsp3) is 0. The molecule has 2 aromatic heterocycles. The standard InChI is InChI=1S/C10H6N2S2/c1-2-4-8-7(3-1)12-10(14-8)9-11-5-6-13-9/h1-6H. The predicted molar refractivity (Wildman–Crippen MR) is 60.7 cm³/mol. The van der Waals surface area contributed by atoms with Gasteiger partial charge in [-0.15, -0.1) is 22.7 Å². The van der Waals surface area contributed by atoms with Crippen LogP contribution in [0.4, 0.5) is 0 Å². The molecule has 0 aliphatic rings. The third-order valence-electron chi connectivity index (χ3n) is 1.91. The summed E-state index contributed by atoms with van der Waals surface area (Å²) in [7, 11) is 0. The van der Waals surface area contributed by atoms with Crippen molar-refractivity contribution in [3.05, 3.63) is 35.8 Å². The average molecular weight is 218 g/mol. The van der Waals surface area contributed by atoms with E-state index in [1.807, 2.05) is 29.8 Å². The van der Waals surface area contributed by atoms with Gasteiger partial charge in [0.05, 0.1) is 10.2 Å². The van der Waals surface area contributed by atoms with Crippen molar-refractivity contribution in [1.82, 2.24) is 9.97 Å². The number of benzene rings is 1. The van der Waals surface area contributed by atoms with Crippen LogP contribution >= 0.6 is 22.7 Å². The Morgan fingerprint density at radius 1 is 1.07 bits per heavy atom. The summed E-state index contributed by atoms with van der Waals surface area (Å²) in [6.07, 6.45) is 1.81. The number of hydrogen-bond acceptors (Lipinski definition) is 4. The zero-order valence-corrected chi connectivity index (χ0v) is 8.81. The van der Waals surface area contributed by atoms with E-state index < -0.39 is 0 Å². The number of fused-ring (bicyclic) bond motifs is 1. The van der Waals surface area contributed by atoms with Gasteiger partial charge in [0.2, 0.25) is 0 Å². The summed E-state index contributed by atoms with van der Waals surface area (Å²) in [6.45, 7) is 0. The van der Waals surface area contributed by atoms with Crippen LogP contribution in [0.5, 0.6) is 0 Å². The first-order chi connectivity index (χ1) is 6.93. The topological polar surface area (TPSA) is 25.8 Å². The van der Waals surface area contributed by atoms with E-state index >= 15 is 0 Å². The van der Waals surface area contributed by atoms with Crippen LogP contribution in [0.15, 0.2) is 35.8 Å². The van der Waals surface area contributed by atoms with Crippen molar-refractivity contribution >= 4 is 32.9 Å². The van der Waals surface area contributed by atoms with Crippen LogP contribution in [0, 0.1) is 0 Å². The third kappa shape index (κ3) is 1.23. The monoisotopic (exact) mass is 218 g/mol. The zero-order chi connectivity index (χ0) is 9.38. The first-order valence-electron chi connectivity index (χ1n) is 4.19. The second-order valence-electron chi connectivity index (χ2n) is 2.82. The van der Waals surface area contributed by atoms with Gasteiger partial charge in [-0.2, -0.15) is 0 Å². The Morgan fingerprint density at radius 3 is 2.79 bits per heavy atom. The third-order valence-corrected chi connectivity index (χ3v) is 3.86. The molecule has 0 aliphatic heterocycles. The summed E-state index contributed by atoms with van der Waals surface area (Å²) >= 11 is 3.32. The first-order valence-corrected chi connectivity index (χ1v) is 5.88. The smallest absolute Gasteiger partial charge is 0.153 e. The summed E-state index contributed by atoms with van der Waals surface area (Å²) < 4.78 is 1.22. The molecule has 2 heterocycles. The summed E-state index contributed by atoms with van der Waals surface area (Å²) in [5.41, 5.74) is 1.06. The first kappa shape index (κ1) is 8.08. The Hall–Kier alpha value is -1.26. The molecule has 0 amide bonds. The molecule has 14 heavy (non-hydrogen) atoms. The lowest BCUT2D eigenvalue weighted by Gasteiger charge is -1.82. The predicted octanol–water partition coefficient (Wildman–Crippen LogP) is 3.42. The lowest BCUT2D eigenvalue weighted by atomic mass is 10.3. The molecule has 68 valence electrons. The van der Waals surface area contributed by atoms with Crippen molar-refractivity contribution in [1.29, 1.82) is 0 Å². The van der Waals surface area contributed by atoms with Crippen LogP contribution in [-0.4, -0.2) is 9.97 Å². The van der Waals surface area contributed by atoms with Crippen LogP contribution in [0.25, 0.3) is 20.2 Å². The normalized spacial score (nSPS) is 10.9. The van der Waals surface area contributed by atoms with Gasteiger partial charge in [-0.3, -0.25) is 0 Å². The van der Waals surface area contributed by atoms with Crippen molar-refractivity contribution < 1.29 is 0 Å². The van der Waals surface area contributed by atoms with Gasteiger partial charge in [0.15, 0.2) is 10.0 Å².